The molecule has 1 aromatic heterocycles. The molecule has 0 spiro atoms. The van der Waals surface area contributed by atoms with Crippen LogP contribution in [0.15, 0.2) is 12.3 Å². The van der Waals surface area contributed by atoms with Crippen molar-refractivity contribution in [3.05, 3.63) is 34.8 Å². The average Bonchev–Trinajstić information content (AvgIpc) is 2.44. The van der Waals surface area contributed by atoms with E-state index in [1.54, 1.807) is 0 Å². The lowest BCUT2D eigenvalue weighted by atomic mass is 10.0. The molecular formula is C13H19N3. The van der Waals surface area contributed by atoms with Crippen molar-refractivity contribution in [2.24, 2.45) is 0 Å². The molecule has 1 atom stereocenters. The van der Waals surface area contributed by atoms with E-state index in [1.165, 1.54) is 16.8 Å². The van der Waals surface area contributed by atoms with Crippen LogP contribution in [0.1, 0.15) is 29.4 Å². The summed E-state index contributed by atoms with van der Waals surface area (Å²) in [6.07, 6.45) is 2.51. The van der Waals surface area contributed by atoms with E-state index >= 15 is 0 Å². The topological polar surface area (TPSA) is 28.2 Å². The molecular weight excluding hydrogens is 198 g/mol. The fraction of sp³-hybridized carbons (Fsp3) is 0.462. The van der Waals surface area contributed by atoms with E-state index in [9.17, 15) is 0 Å². The number of pyridine rings is 1. The summed E-state index contributed by atoms with van der Waals surface area (Å²) in [4.78, 5) is 6.70. The Hall–Kier alpha value is -1.51. The van der Waals surface area contributed by atoms with Gasteiger partial charge in [0.05, 0.1) is 11.9 Å². The average molecular weight is 217 g/mol. The summed E-state index contributed by atoms with van der Waals surface area (Å²) in [7, 11) is 2.08. The number of rotatable bonds is 1. The summed E-state index contributed by atoms with van der Waals surface area (Å²) in [5.74, 6) is 0. The Morgan fingerprint density at radius 1 is 1.31 bits per heavy atom. The van der Waals surface area contributed by atoms with Gasteiger partial charge in [0.15, 0.2) is 0 Å². The Labute approximate surface area is 97.2 Å². The molecule has 1 aromatic rings. The van der Waals surface area contributed by atoms with Gasteiger partial charge in [0.2, 0.25) is 0 Å². The highest BCUT2D eigenvalue weighted by atomic mass is 15.3. The highest BCUT2D eigenvalue weighted by Gasteiger charge is 2.20. The quantitative estimate of drug-likeness (QED) is 0.781. The van der Waals surface area contributed by atoms with Gasteiger partial charge >= 0.3 is 0 Å². The molecule has 0 unspecified atom stereocenters. The molecule has 16 heavy (non-hydrogen) atoms. The van der Waals surface area contributed by atoms with Gasteiger partial charge in [-0.15, -0.1) is 0 Å². The van der Waals surface area contributed by atoms with Crippen molar-refractivity contribution in [2.75, 3.05) is 7.05 Å². The van der Waals surface area contributed by atoms with Gasteiger partial charge in [-0.3, -0.25) is 4.98 Å². The summed E-state index contributed by atoms with van der Waals surface area (Å²) >= 11 is 0. The van der Waals surface area contributed by atoms with Crippen molar-refractivity contribution < 1.29 is 0 Å². The van der Waals surface area contributed by atoms with Crippen LogP contribution in [0, 0.1) is 20.8 Å². The first-order valence-electron chi connectivity index (χ1n) is 5.64. The van der Waals surface area contributed by atoms with Crippen molar-refractivity contribution >= 4 is 5.70 Å². The van der Waals surface area contributed by atoms with E-state index in [0.29, 0.717) is 6.17 Å². The molecule has 1 N–H and O–H groups in total. The van der Waals surface area contributed by atoms with E-state index in [-0.39, 0.29) is 0 Å². The Morgan fingerprint density at radius 3 is 2.50 bits per heavy atom. The second-order valence-electron chi connectivity index (χ2n) is 4.57. The van der Waals surface area contributed by atoms with Crippen LogP contribution >= 0.6 is 0 Å². The molecule has 0 amide bonds. The zero-order valence-electron chi connectivity index (χ0n) is 10.6. The van der Waals surface area contributed by atoms with E-state index in [1.807, 2.05) is 6.92 Å². The molecule has 3 heteroatoms. The van der Waals surface area contributed by atoms with Crippen LogP contribution in [0.2, 0.25) is 0 Å². The molecule has 0 fully saturated rings. The molecule has 1 aliphatic rings. The summed E-state index contributed by atoms with van der Waals surface area (Å²) in [5, 5.41) is 3.47. The van der Waals surface area contributed by atoms with Gasteiger partial charge in [-0.2, -0.15) is 0 Å². The van der Waals surface area contributed by atoms with E-state index in [0.717, 1.165) is 11.4 Å². The highest BCUT2D eigenvalue weighted by Crippen LogP contribution is 2.24. The molecule has 0 saturated carbocycles. The number of aryl methyl sites for hydroxylation is 3. The second-order valence-corrected chi connectivity index (χ2v) is 4.57. The molecule has 2 heterocycles. The Bertz CT molecular complexity index is 425. The van der Waals surface area contributed by atoms with Crippen molar-refractivity contribution in [3.63, 3.8) is 0 Å². The molecule has 0 aliphatic carbocycles. The minimum Gasteiger partial charge on any atom is -0.364 e. The van der Waals surface area contributed by atoms with Crippen LogP contribution in [0.5, 0.6) is 0 Å². The van der Waals surface area contributed by atoms with Crippen LogP contribution in [-0.2, 0) is 0 Å². The minimum absolute atomic E-state index is 0.357. The van der Waals surface area contributed by atoms with Crippen molar-refractivity contribution in [1.29, 1.82) is 0 Å². The van der Waals surface area contributed by atoms with Crippen LogP contribution in [0.3, 0.4) is 0 Å². The minimum atomic E-state index is 0.357. The lowest BCUT2D eigenvalue weighted by Crippen LogP contribution is -2.29. The highest BCUT2D eigenvalue weighted by molar-refractivity contribution is 5.69. The first-order chi connectivity index (χ1) is 7.49. The third-order valence-corrected chi connectivity index (χ3v) is 3.10. The molecule has 86 valence electrons. The van der Waals surface area contributed by atoms with Crippen molar-refractivity contribution in [2.45, 2.75) is 33.9 Å². The van der Waals surface area contributed by atoms with Crippen molar-refractivity contribution in [1.82, 2.24) is 15.2 Å². The smallest absolute Gasteiger partial charge is 0.0954 e. The number of hydrogen-bond acceptors (Lipinski definition) is 3. The largest absolute Gasteiger partial charge is 0.364 e. The van der Waals surface area contributed by atoms with Crippen molar-refractivity contribution in [3.8, 4) is 0 Å². The maximum atomic E-state index is 4.53. The van der Waals surface area contributed by atoms with Gasteiger partial charge in [0, 0.05) is 30.2 Å². The maximum Gasteiger partial charge on any atom is 0.0954 e. The third kappa shape index (κ3) is 1.77. The van der Waals surface area contributed by atoms with Gasteiger partial charge in [-0.05, 0) is 39.3 Å². The molecule has 3 nitrogen and oxygen atoms in total. The van der Waals surface area contributed by atoms with E-state index in [4.69, 9.17) is 0 Å². The molecule has 0 aromatic carbocycles. The molecule has 0 radical (unpaired) electrons. The summed E-state index contributed by atoms with van der Waals surface area (Å²) < 4.78 is 0. The molecule has 2 rings (SSSR count). The van der Waals surface area contributed by atoms with E-state index in [2.05, 4.69) is 55.3 Å². The Kier molecular flexibility index (Phi) is 2.62. The van der Waals surface area contributed by atoms with Gasteiger partial charge in [-0.25, -0.2) is 0 Å². The van der Waals surface area contributed by atoms with Gasteiger partial charge < -0.3 is 10.2 Å². The summed E-state index contributed by atoms with van der Waals surface area (Å²) in [6.45, 7) is 8.40. The predicted octanol–water partition coefficient (Wildman–Crippen LogP) is 2.19. The zero-order chi connectivity index (χ0) is 11.9. The van der Waals surface area contributed by atoms with Gasteiger partial charge in [0.1, 0.15) is 0 Å². The normalized spacial score (nSPS) is 19.7. The fourth-order valence-electron chi connectivity index (χ4n) is 2.25. The fourth-order valence-corrected chi connectivity index (χ4v) is 2.25. The molecule has 1 aliphatic heterocycles. The number of aromatic nitrogens is 1. The summed E-state index contributed by atoms with van der Waals surface area (Å²) in [5.41, 5.74) is 5.88. The Morgan fingerprint density at radius 2 is 2.00 bits per heavy atom. The summed E-state index contributed by atoms with van der Waals surface area (Å²) in [6, 6.07) is 2.13. The molecule has 0 bridgehead atoms. The van der Waals surface area contributed by atoms with Crippen LogP contribution in [0.25, 0.3) is 5.70 Å². The number of nitrogens with zero attached hydrogens (tertiary/aromatic N) is 2. The zero-order valence-corrected chi connectivity index (χ0v) is 10.6. The van der Waals surface area contributed by atoms with Crippen LogP contribution in [-0.4, -0.2) is 23.1 Å². The van der Waals surface area contributed by atoms with Gasteiger partial charge in [-0.1, -0.05) is 0 Å². The standard InChI is InChI=1S/C13H19N3/c1-8-6-9(2)14-10(3)13(8)12-7-16(5)11(4)15-12/h6-7,11,15H,1-5H3/t11-/m0/s1. The lowest BCUT2D eigenvalue weighted by molar-refractivity contribution is 0.357. The van der Waals surface area contributed by atoms with Crippen LogP contribution < -0.4 is 5.32 Å². The lowest BCUT2D eigenvalue weighted by Gasteiger charge is -2.16. The van der Waals surface area contributed by atoms with Gasteiger partial charge in [0.25, 0.3) is 0 Å². The van der Waals surface area contributed by atoms with Crippen LogP contribution in [0.4, 0.5) is 0 Å². The molecule has 0 saturated heterocycles. The first kappa shape index (κ1) is 11.0. The van der Waals surface area contributed by atoms with E-state index < -0.39 is 0 Å². The Balaban J connectivity index is 2.46. The SMILES string of the molecule is Cc1cc(C)c(C2=CN(C)[C@@H](C)N2)c(C)n1. The second kappa shape index (κ2) is 3.81. The monoisotopic (exact) mass is 217 g/mol. The first-order valence-corrected chi connectivity index (χ1v) is 5.64. The number of hydrogen-bond donors (Lipinski definition) is 1. The maximum absolute atomic E-state index is 4.53. The predicted molar refractivity (Wildman–Crippen MR) is 66.8 cm³/mol. The number of nitrogens with one attached hydrogen (secondary N) is 1. The third-order valence-electron chi connectivity index (χ3n) is 3.10.